The normalized spacial score (nSPS) is 10.8. The minimum absolute atomic E-state index is 0.0158. The van der Waals surface area contributed by atoms with Crippen LogP contribution >= 0.6 is 0 Å². The van der Waals surface area contributed by atoms with Gasteiger partial charge < -0.3 is 20.1 Å². The Morgan fingerprint density at radius 2 is 1.93 bits per heavy atom. The first kappa shape index (κ1) is 20.2. The molecule has 0 atom stereocenters. The molecule has 0 aliphatic heterocycles. The number of nitrogens with one attached hydrogen (secondary N) is 2. The average Bonchev–Trinajstić information content (AvgIpc) is 2.69. The van der Waals surface area contributed by atoms with E-state index in [1.807, 2.05) is 0 Å². The van der Waals surface area contributed by atoms with Crippen LogP contribution in [0.5, 0.6) is 11.5 Å². The van der Waals surface area contributed by atoms with Crippen molar-refractivity contribution in [3.8, 4) is 11.5 Å². The van der Waals surface area contributed by atoms with Crippen LogP contribution in [0.15, 0.2) is 48.7 Å². The summed E-state index contributed by atoms with van der Waals surface area (Å²) in [5.41, 5.74) is 0.515. The van der Waals surface area contributed by atoms with E-state index in [1.54, 1.807) is 12.1 Å². The molecule has 0 spiro atoms. The third-order valence-corrected chi connectivity index (χ3v) is 3.74. The second-order valence-corrected chi connectivity index (χ2v) is 5.69. The highest BCUT2D eigenvalue weighted by molar-refractivity contribution is 6.02. The maximum absolute atomic E-state index is 13.1. The molecule has 0 aliphatic rings. The number of alkyl halides is 2. The summed E-state index contributed by atoms with van der Waals surface area (Å²) in [6, 6.07) is 8.41. The number of rotatable bonds is 7. The number of ether oxygens (including phenoxy) is 2. The lowest BCUT2D eigenvalue weighted by Crippen LogP contribution is -2.32. The number of amides is 2. The van der Waals surface area contributed by atoms with Crippen LogP contribution in [-0.2, 0) is 0 Å². The first-order chi connectivity index (χ1) is 13.9. The fourth-order valence-corrected chi connectivity index (χ4v) is 2.51. The predicted molar refractivity (Wildman–Crippen MR) is 97.2 cm³/mol. The van der Waals surface area contributed by atoms with Gasteiger partial charge in [0.25, 0.3) is 0 Å². The Morgan fingerprint density at radius 1 is 1.10 bits per heavy atom. The van der Waals surface area contributed by atoms with E-state index in [1.165, 1.54) is 24.4 Å². The molecule has 3 rings (SSSR count). The SMILES string of the molecule is O=C(NCCOc1ccc(F)c(F)c1)Nc1ccc(OC(F)F)c2ncccc12. The van der Waals surface area contributed by atoms with E-state index in [0.717, 1.165) is 12.1 Å². The fraction of sp³-hybridized carbons (Fsp3) is 0.158. The quantitative estimate of drug-likeness (QED) is 0.451. The Labute approximate surface area is 162 Å². The Bertz CT molecular complexity index is 1020. The van der Waals surface area contributed by atoms with E-state index in [0.29, 0.717) is 11.1 Å². The summed E-state index contributed by atoms with van der Waals surface area (Å²) in [4.78, 5) is 16.1. The molecule has 0 saturated carbocycles. The topological polar surface area (TPSA) is 72.5 Å². The first-order valence-electron chi connectivity index (χ1n) is 8.39. The molecular formula is C19H15F4N3O3. The molecule has 0 fully saturated rings. The van der Waals surface area contributed by atoms with Crippen molar-refractivity contribution >= 4 is 22.6 Å². The van der Waals surface area contributed by atoms with Crippen molar-refractivity contribution in [1.82, 2.24) is 10.3 Å². The number of aromatic nitrogens is 1. The van der Waals surface area contributed by atoms with Gasteiger partial charge in [-0.25, -0.2) is 13.6 Å². The summed E-state index contributed by atoms with van der Waals surface area (Å²) < 4.78 is 60.6. The van der Waals surface area contributed by atoms with Gasteiger partial charge in [-0.1, -0.05) is 0 Å². The zero-order valence-corrected chi connectivity index (χ0v) is 14.8. The third kappa shape index (κ3) is 5.24. The molecule has 0 radical (unpaired) electrons. The van der Waals surface area contributed by atoms with Crippen LogP contribution in [0.3, 0.4) is 0 Å². The summed E-state index contributed by atoms with van der Waals surface area (Å²) in [5.74, 6) is -2.01. The molecule has 0 unspecified atom stereocenters. The molecular weight excluding hydrogens is 394 g/mol. The van der Waals surface area contributed by atoms with Gasteiger partial charge in [-0.15, -0.1) is 0 Å². The van der Waals surface area contributed by atoms with E-state index in [9.17, 15) is 22.4 Å². The van der Waals surface area contributed by atoms with Gasteiger partial charge in [0.1, 0.15) is 17.9 Å². The number of pyridine rings is 1. The highest BCUT2D eigenvalue weighted by atomic mass is 19.3. The van der Waals surface area contributed by atoms with Crippen molar-refractivity contribution < 1.29 is 31.8 Å². The second-order valence-electron chi connectivity index (χ2n) is 5.69. The Hall–Kier alpha value is -3.56. The van der Waals surface area contributed by atoms with E-state index < -0.39 is 24.3 Å². The van der Waals surface area contributed by atoms with Crippen molar-refractivity contribution in [2.75, 3.05) is 18.5 Å². The van der Waals surface area contributed by atoms with Crippen LogP contribution in [0.1, 0.15) is 0 Å². The van der Waals surface area contributed by atoms with Crippen LogP contribution in [-0.4, -0.2) is 30.8 Å². The zero-order valence-electron chi connectivity index (χ0n) is 14.8. The van der Waals surface area contributed by atoms with Gasteiger partial charge in [-0.3, -0.25) is 4.98 Å². The van der Waals surface area contributed by atoms with E-state index in [2.05, 4.69) is 20.4 Å². The van der Waals surface area contributed by atoms with E-state index in [4.69, 9.17) is 4.74 Å². The zero-order chi connectivity index (χ0) is 20.8. The van der Waals surface area contributed by atoms with Gasteiger partial charge in [-0.05, 0) is 36.4 Å². The number of hydrogen-bond donors (Lipinski definition) is 2. The maximum atomic E-state index is 13.1. The molecule has 29 heavy (non-hydrogen) atoms. The molecule has 2 N–H and O–H groups in total. The molecule has 6 nitrogen and oxygen atoms in total. The summed E-state index contributed by atoms with van der Waals surface area (Å²) in [6.07, 6.45) is 1.42. The summed E-state index contributed by atoms with van der Waals surface area (Å²) in [5, 5.41) is 5.52. The van der Waals surface area contributed by atoms with E-state index in [-0.39, 0.29) is 30.2 Å². The first-order valence-corrected chi connectivity index (χ1v) is 8.39. The van der Waals surface area contributed by atoms with Crippen LogP contribution in [0.25, 0.3) is 10.9 Å². The lowest BCUT2D eigenvalue weighted by molar-refractivity contribution is -0.0489. The van der Waals surface area contributed by atoms with Crippen molar-refractivity contribution in [3.05, 3.63) is 60.3 Å². The lowest BCUT2D eigenvalue weighted by atomic mass is 10.1. The number of hydrogen-bond acceptors (Lipinski definition) is 4. The predicted octanol–water partition coefficient (Wildman–Crippen LogP) is 4.31. The van der Waals surface area contributed by atoms with Crippen LogP contribution in [0.2, 0.25) is 0 Å². The lowest BCUT2D eigenvalue weighted by Gasteiger charge is -2.13. The number of fused-ring (bicyclic) bond motifs is 1. The van der Waals surface area contributed by atoms with Crippen LogP contribution in [0.4, 0.5) is 28.0 Å². The van der Waals surface area contributed by atoms with E-state index >= 15 is 0 Å². The molecule has 2 amide bonds. The van der Waals surface area contributed by atoms with Gasteiger partial charge in [0.2, 0.25) is 0 Å². The Kier molecular flexibility index (Phi) is 6.32. The average molecular weight is 409 g/mol. The number of anilines is 1. The molecule has 2 aromatic carbocycles. The molecule has 0 aliphatic carbocycles. The molecule has 1 aromatic heterocycles. The van der Waals surface area contributed by atoms with Gasteiger partial charge in [0, 0.05) is 17.6 Å². The Balaban J connectivity index is 1.57. The highest BCUT2D eigenvalue weighted by Crippen LogP contribution is 2.30. The summed E-state index contributed by atoms with van der Waals surface area (Å²) in [7, 11) is 0. The summed E-state index contributed by atoms with van der Waals surface area (Å²) in [6.45, 7) is -2.91. The van der Waals surface area contributed by atoms with Gasteiger partial charge in [0.15, 0.2) is 17.4 Å². The number of nitrogens with zero attached hydrogens (tertiary/aromatic N) is 1. The molecule has 10 heteroatoms. The number of carbonyl (C=O) groups is 1. The highest BCUT2D eigenvalue weighted by Gasteiger charge is 2.13. The van der Waals surface area contributed by atoms with Crippen molar-refractivity contribution in [3.63, 3.8) is 0 Å². The number of halogens is 4. The second kappa shape index (κ2) is 9.09. The molecule has 152 valence electrons. The minimum atomic E-state index is -3.00. The largest absolute Gasteiger partial charge is 0.492 e. The number of benzene rings is 2. The van der Waals surface area contributed by atoms with Crippen LogP contribution < -0.4 is 20.1 Å². The van der Waals surface area contributed by atoms with Crippen molar-refractivity contribution in [2.45, 2.75) is 6.61 Å². The molecule has 3 aromatic rings. The molecule has 1 heterocycles. The van der Waals surface area contributed by atoms with Crippen LogP contribution in [0, 0.1) is 11.6 Å². The fourth-order valence-electron chi connectivity index (χ4n) is 2.51. The van der Waals surface area contributed by atoms with Gasteiger partial charge in [-0.2, -0.15) is 8.78 Å². The van der Waals surface area contributed by atoms with Gasteiger partial charge in [0.05, 0.1) is 12.2 Å². The number of urea groups is 1. The maximum Gasteiger partial charge on any atom is 0.387 e. The molecule has 0 bridgehead atoms. The monoisotopic (exact) mass is 409 g/mol. The Morgan fingerprint density at radius 3 is 2.69 bits per heavy atom. The van der Waals surface area contributed by atoms with Crippen molar-refractivity contribution in [2.24, 2.45) is 0 Å². The summed E-state index contributed by atoms with van der Waals surface area (Å²) >= 11 is 0. The number of carbonyl (C=O) groups excluding carboxylic acids is 1. The van der Waals surface area contributed by atoms with Crippen molar-refractivity contribution in [1.29, 1.82) is 0 Å². The molecule has 0 saturated heterocycles. The minimum Gasteiger partial charge on any atom is -0.492 e. The van der Waals surface area contributed by atoms with Gasteiger partial charge >= 0.3 is 12.6 Å². The standard InChI is InChI=1S/C19H15F4N3O3/c20-13-4-3-11(10-14(13)21)28-9-8-25-19(27)26-15-5-6-16(29-18(22)23)17-12(15)2-1-7-24-17/h1-7,10,18H,8-9H2,(H2,25,26,27). The third-order valence-electron chi connectivity index (χ3n) is 3.74. The smallest absolute Gasteiger partial charge is 0.387 e.